The Morgan fingerprint density at radius 3 is 1.49 bits per heavy atom. The molecule has 0 aliphatic carbocycles. The van der Waals surface area contributed by atoms with E-state index in [1.165, 1.54) is 67.7 Å². The number of thiophene rings is 2. The van der Waals surface area contributed by atoms with Crippen LogP contribution in [0.2, 0.25) is 0 Å². The van der Waals surface area contributed by atoms with E-state index in [9.17, 15) is 0 Å². The number of nitrogens with zero attached hydrogens (tertiary/aromatic N) is 4. The summed E-state index contributed by atoms with van der Waals surface area (Å²) in [6, 6.07) is 64.8. The van der Waals surface area contributed by atoms with Gasteiger partial charge in [-0.15, -0.1) is 22.7 Å². The van der Waals surface area contributed by atoms with Crippen LogP contribution in [0.1, 0.15) is 0 Å². The van der Waals surface area contributed by atoms with Crippen molar-refractivity contribution in [1.82, 2.24) is 19.5 Å². The van der Waals surface area contributed by atoms with Gasteiger partial charge in [0.25, 0.3) is 0 Å². The highest BCUT2D eigenvalue weighted by molar-refractivity contribution is 7.30. The van der Waals surface area contributed by atoms with Crippen molar-refractivity contribution in [2.75, 3.05) is 0 Å². The number of aromatic nitrogens is 4. The molecule has 0 N–H and O–H groups in total. The average molecular weight is 763 g/mol. The molecular weight excluding hydrogens is 733 g/mol. The summed E-state index contributed by atoms with van der Waals surface area (Å²) < 4.78 is 7.69. The highest BCUT2D eigenvalue weighted by Crippen LogP contribution is 2.48. The fourth-order valence-corrected chi connectivity index (χ4v) is 11.0. The van der Waals surface area contributed by atoms with Gasteiger partial charge < -0.3 is 4.57 Å². The Labute approximate surface area is 335 Å². The maximum absolute atomic E-state index is 5.01. The van der Waals surface area contributed by atoms with Crippen molar-refractivity contribution in [2.45, 2.75) is 0 Å². The number of hydrogen-bond donors (Lipinski definition) is 0. The predicted molar refractivity (Wildman–Crippen MR) is 242 cm³/mol. The Morgan fingerprint density at radius 2 is 0.860 bits per heavy atom. The number of rotatable bonds is 5. The Bertz CT molecular complexity index is 3400. The zero-order valence-corrected chi connectivity index (χ0v) is 32.1. The second-order valence-electron chi connectivity index (χ2n) is 14.4. The summed E-state index contributed by atoms with van der Waals surface area (Å²) in [4.78, 5) is 14.9. The van der Waals surface area contributed by atoms with Crippen LogP contribution >= 0.6 is 22.7 Å². The van der Waals surface area contributed by atoms with Crippen molar-refractivity contribution in [3.05, 3.63) is 182 Å². The lowest BCUT2D eigenvalue weighted by Gasteiger charge is -2.13. The van der Waals surface area contributed by atoms with Crippen molar-refractivity contribution < 1.29 is 0 Å². The molecule has 4 aromatic heterocycles. The maximum Gasteiger partial charge on any atom is 0.164 e. The number of hydrogen-bond acceptors (Lipinski definition) is 5. The van der Waals surface area contributed by atoms with E-state index < -0.39 is 0 Å². The first-order valence-electron chi connectivity index (χ1n) is 19.0. The summed E-state index contributed by atoms with van der Waals surface area (Å²) in [6.45, 7) is 0. The van der Waals surface area contributed by atoms with Crippen LogP contribution in [0.25, 0.3) is 113 Å². The Kier molecular flexibility index (Phi) is 7.24. The Hall–Kier alpha value is -6.99. The molecule has 0 amide bonds. The third kappa shape index (κ3) is 5.15. The van der Waals surface area contributed by atoms with Crippen LogP contribution in [0, 0.1) is 0 Å². The normalized spacial score (nSPS) is 11.9. The molecule has 8 aromatic carbocycles. The standard InChI is InChI=1S/C51H30N4S2/c1-3-13-32(14-4-1)49-52-50(33-15-5-2-6-16-33)54-51(53-49)34-25-23-31(24-26-34)40-29-35(55-42-20-10-7-17-36(42)37-18-8-11-21-43(37)55)30-41-46-45(57-47(40)41)28-27-39-38-19-9-12-22-44(38)56-48(39)46/h1-30H. The van der Waals surface area contributed by atoms with E-state index in [1.807, 2.05) is 83.3 Å². The van der Waals surface area contributed by atoms with E-state index in [1.54, 1.807) is 0 Å². The van der Waals surface area contributed by atoms with Crippen LogP contribution < -0.4 is 0 Å². The van der Waals surface area contributed by atoms with Crippen molar-refractivity contribution in [1.29, 1.82) is 0 Å². The van der Waals surface area contributed by atoms with Crippen LogP contribution in [0.5, 0.6) is 0 Å². The summed E-state index contributed by atoms with van der Waals surface area (Å²) in [5.74, 6) is 1.95. The largest absolute Gasteiger partial charge is 0.309 e. The van der Waals surface area contributed by atoms with Gasteiger partial charge in [-0.25, -0.2) is 15.0 Å². The van der Waals surface area contributed by atoms with Gasteiger partial charge >= 0.3 is 0 Å². The van der Waals surface area contributed by atoms with Crippen LogP contribution in [-0.4, -0.2) is 19.5 Å². The third-order valence-electron chi connectivity index (χ3n) is 11.1. The number of benzene rings is 8. The molecule has 0 fully saturated rings. The van der Waals surface area contributed by atoms with Gasteiger partial charge in [0.1, 0.15) is 0 Å². The van der Waals surface area contributed by atoms with Gasteiger partial charge in [0.2, 0.25) is 0 Å². The number of fused-ring (bicyclic) bond motifs is 10. The Morgan fingerprint density at radius 1 is 0.351 bits per heavy atom. The average Bonchev–Trinajstić information content (AvgIpc) is 3.96. The summed E-state index contributed by atoms with van der Waals surface area (Å²) in [5, 5.41) is 7.76. The summed E-state index contributed by atoms with van der Waals surface area (Å²) >= 11 is 3.79. The van der Waals surface area contributed by atoms with Crippen molar-refractivity contribution >= 4 is 84.8 Å². The number of para-hydroxylation sites is 2. The molecule has 0 bridgehead atoms. The minimum atomic E-state index is 0.646. The van der Waals surface area contributed by atoms with E-state index in [-0.39, 0.29) is 0 Å². The molecule has 0 unspecified atom stereocenters. The van der Waals surface area contributed by atoms with E-state index in [4.69, 9.17) is 15.0 Å². The van der Waals surface area contributed by atoms with Gasteiger partial charge in [0.15, 0.2) is 17.5 Å². The molecule has 6 heteroatoms. The van der Waals surface area contributed by atoms with E-state index in [2.05, 4.69) is 126 Å². The van der Waals surface area contributed by atoms with Crippen LogP contribution in [0.4, 0.5) is 0 Å². The zero-order chi connectivity index (χ0) is 37.5. The summed E-state index contributed by atoms with van der Waals surface area (Å²) in [5.41, 5.74) is 8.74. The highest BCUT2D eigenvalue weighted by atomic mass is 32.1. The second kappa shape index (κ2) is 12.8. The van der Waals surface area contributed by atoms with Crippen molar-refractivity contribution in [3.8, 4) is 51.0 Å². The first-order chi connectivity index (χ1) is 28.2. The molecule has 4 nitrogen and oxygen atoms in total. The molecular formula is C51H30N4S2. The van der Waals surface area contributed by atoms with Gasteiger partial charge in [0, 0.05) is 79.1 Å². The molecule has 0 aliphatic rings. The lowest BCUT2D eigenvalue weighted by atomic mass is 9.99. The van der Waals surface area contributed by atoms with Crippen LogP contribution in [0.3, 0.4) is 0 Å². The summed E-state index contributed by atoms with van der Waals surface area (Å²) in [7, 11) is 0. The minimum Gasteiger partial charge on any atom is -0.309 e. The van der Waals surface area contributed by atoms with Gasteiger partial charge in [-0.3, -0.25) is 0 Å². The monoisotopic (exact) mass is 762 g/mol. The minimum absolute atomic E-state index is 0.646. The van der Waals surface area contributed by atoms with Gasteiger partial charge in [-0.2, -0.15) is 0 Å². The lowest BCUT2D eigenvalue weighted by Crippen LogP contribution is -2.00. The molecule has 12 aromatic rings. The topological polar surface area (TPSA) is 43.6 Å². The maximum atomic E-state index is 5.01. The fourth-order valence-electron chi connectivity index (χ4n) is 8.41. The fraction of sp³-hybridized carbons (Fsp3) is 0. The predicted octanol–water partition coefficient (Wildman–Crippen LogP) is 14.4. The molecule has 0 aliphatic heterocycles. The van der Waals surface area contributed by atoms with Crippen molar-refractivity contribution in [3.63, 3.8) is 0 Å². The molecule has 0 saturated carbocycles. The lowest BCUT2D eigenvalue weighted by molar-refractivity contribution is 1.07. The van der Waals surface area contributed by atoms with Crippen LogP contribution in [0.15, 0.2) is 182 Å². The first-order valence-corrected chi connectivity index (χ1v) is 20.7. The molecule has 57 heavy (non-hydrogen) atoms. The Balaban J connectivity index is 1.09. The van der Waals surface area contributed by atoms with E-state index in [0.29, 0.717) is 17.5 Å². The zero-order valence-electron chi connectivity index (χ0n) is 30.4. The molecule has 266 valence electrons. The molecule has 0 atom stereocenters. The molecule has 0 saturated heterocycles. The van der Waals surface area contributed by atoms with Gasteiger partial charge in [-0.05, 0) is 42.0 Å². The van der Waals surface area contributed by atoms with Gasteiger partial charge in [0.05, 0.1) is 11.0 Å². The van der Waals surface area contributed by atoms with Crippen molar-refractivity contribution in [2.24, 2.45) is 0 Å². The SMILES string of the molecule is c1ccc(-c2nc(-c3ccccc3)nc(-c3ccc(-c4cc(-n5c6ccccc6c6ccccc65)cc5c4sc4ccc6c7ccccc7sc6c45)cc3)n2)cc1. The van der Waals surface area contributed by atoms with E-state index in [0.717, 1.165) is 27.9 Å². The summed E-state index contributed by atoms with van der Waals surface area (Å²) in [6.07, 6.45) is 0. The smallest absolute Gasteiger partial charge is 0.164 e. The molecule has 0 radical (unpaired) electrons. The quantitative estimate of drug-likeness (QED) is 0.175. The first kappa shape index (κ1) is 32.3. The van der Waals surface area contributed by atoms with Gasteiger partial charge in [-0.1, -0.05) is 146 Å². The van der Waals surface area contributed by atoms with Crippen LogP contribution in [-0.2, 0) is 0 Å². The molecule has 4 heterocycles. The molecule has 0 spiro atoms. The molecule has 12 rings (SSSR count). The third-order valence-corrected chi connectivity index (χ3v) is 13.5. The highest BCUT2D eigenvalue weighted by Gasteiger charge is 2.20. The second-order valence-corrected chi connectivity index (χ2v) is 16.5. The van der Waals surface area contributed by atoms with E-state index >= 15 is 0 Å².